The Labute approximate surface area is 102 Å². The maximum atomic E-state index is 13.1. The van der Waals surface area contributed by atoms with Gasteiger partial charge >= 0.3 is 5.97 Å². The van der Waals surface area contributed by atoms with Crippen LogP contribution in [0.3, 0.4) is 0 Å². The first-order chi connectivity index (χ1) is 7.86. The summed E-state index contributed by atoms with van der Waals surface area (Å²) in [5.74, 6) is -3.68. The van der Waals surface area contributed by atoms with Crippen molar-refractivity contribution in [3.8, 4) is 0 Å². The van der Waals surface area contributed by atoms with E-state index >= 15 is 0 Å². The first-order valence-corrected chi connectivity index (χ1v) is 6.36. The van der Waals surface area contributed by atoms with Crippen LogP contribution in [0.15, 0.2) is 12.1 Å². The number of carbonyl (C=O) groups is 1. The van der Waals surface area contributed by atoms with Crippen LogP contribution in [0.2, 0.25) is 0 Å². The van der Waals surface area contributed by atoms with E-state index in [1.165, 1.54) is 11.3 Å². The van der Waals surface area contributed by atoms with Gasteiger partial charge < -0.3 is 5.11 Å². The zero-order valence-corrected chi connectivity index (χ0v) is 10.3. The van der Waals surface area contributed by atoms with Gasteiger partial charge in [0.2, 0.25) is 5.92 Å². The summed E-state index contributed by atoms with van der Waals surface area (Å²) >= 11 is 1.40. The van der Waals surface area contributed by atoms with Crippen LogP contribution in [0.25, 0.3) is 0 Å². The van der Waals surface area contributed by atoms with Gasteiger partial charge in [0.25, 0.3) is 0 Å². The lowest BCUT2D eigenvalue weighted by molar-refractivity contribution is -0.148. The average molecular weight is 260 g/mol. The van der Waals surface area contributed by atoms with E-state index in [2.05, 4.69) is 0 Å². The molecule has 0 atom stereocenters. The lowest BCUT2D eigenvalue weighted by Gasteiger charge is -2.36. The normalized spacial score (nSPS) is 22.3. The Morgan fingerprint density at radius 1 is 1.29 bits per heavy atom. The Balaban J connectivity index is 2.33. The molecular formula is C12H14F2O2S. The molecule has 1 aromatic heterocycles. The Bertz CT molecular complexity index is 429. The van der Waals surface area contributed by atoms with Crippen LogP contribution >= 0.6 is 11.3 Å². The second-order valence-corrected chi connectivity index (χ2v) is 5.94. The summed E-state index contributed by atoms with van der Waals surface area (Å²) in [5.41, 5.74) is -1.10. The summed E-state index contributed by atoms with van der Waals surface area (Å²) in [5, 5.41) is 9.38. The quantitative estimate of drug-likeness (QED) is 0.882. The molecule has 1 heterocycles. The second kappa shape index (κ2) is 4.05. The molecule has 94 valence electrons. The zero-order chi connectivity index (χ0) is 12.7. The van der Waals surface area contributed by atoms with Gasteiger partial charge in [0.1, 0.15) is 5.41 Å². The van der Waals surface area contributed by atoms with Crippen LogP contribution in [0.4, 0.5) is 8.78 Å². The van der Waals surface area contributed by atoms with Crippen molar-refractivity contribution in [1.82, 2.24) is 0 Å². The maximum absolute atomic E-state index is 13.1. The van der Waals surface area contributed by atoms with E-state index in [-0.39, 0.29) is 25.7 Å². The smallest absolute Gasteiger partial charge is 0.314 e. The van der Waals surface area contributed by atoms with Gasteiger partial charge in [-0.05, 0) is 31.9 Å². The van der Waals surface area contributed by atoms with Crippen molar-refractivity contribution in [1.29, 1.82) is 0 Å². The van der Waals surface area contributed by atoms with Crippen molar-refractivity contribution in [2.75, 3.05) is 0 Å². The number of halogens is 2. The Morgan fingerprint density at radius 3 is 2.29 bits per heavy atom. The van der Waals surface area contributed by atoms with Gasteiger partial charge in [-0.2, -0.15) is 0 Å². The lowest BCUT2D eigenvalue weighted by Crippen LogP contribution is -2.42. The monoisotopic (exact) mass is 260 g/mol. The third-order valence-electron chi connectivity index (χ3n) is 3.46. The molecule has 0 spiro atoms. The summed E-state index contributed by atoms with van der Waals surface area (Å²) in [6, 6.07) is 3.61. The van der Waals surface area contributed by atoms with Gasteiger partial charge in [-0.1, -0.05) is 0 Å². The summed E-state index contributed by atoms with van der Waals surface area (Å²) in [6.07, 6.45) is -0.628. The number of hydrogen-bond acceptors (Lipinski definition) is 2. The third kappa shape index (κ3) is 2.20. The molecule has 2 nitrogen and oxygen atoms in total. The van der Waals surface area contributed by atoms with Crippen LogP contribution < -0.4 is 0 Å². The van der Waals surface area contributed by atoms with Gasteiger partial charge in [0.15, 0.2) is 0 Å². The van der Waals surface area contributed by atoms with Crippen molar-refractivity contribution in [2.45, 2.75) is 43.9 Å². The molecule has 0 aliphatic heterocycles. The number of aryl methyl sites for hydroxylation is 1. The fourth-order valence-corrected chi connectivity index (χ4v) is 3.41. The van der Waals surface area contributed by atoms with Crippen molar-refractivity contribution in [2.24, 2.45) is 0 Å². The largest absolute Gasteiger partial charge is 0.481 e. The number of rotatable bonds is 2. The highest BCUT2D eigenvalue weighted by atomic mass is 32.1. The summed E-state index contributed by atoms with van der Waals surface area (Å²) in [6.45, 7) is 1.89. The standard InChI is InChI=1S/C12H14F2O2S/c1-8-2-3-9(17-8)11(10(15)16)4-6-12(13,14)7-5-11/h2-3H,4-7H2,1H3,(H,15,16). The Hall–Kier alpha value is -0.970. The minimum atomic E-state index is -2.70. The number of carboxylic acids is 1. The number of thiophene rings is 1. The fraction of sp³-hybridized carbons (Fsp3) is 0.583. The summed E-state index contributed by atoms with van der Waals surface area (Å²) in [7, 11) is 0. The van der Waals surface area contributed by atoms with Gasteiger partial charge in [-0.15, -0.1) is 11.3 Å². The molecule has 17 heavy (non-hydrogen) atoms. The van der Waals surface area contributed by atoms with E-state index in [1.54, 1.807) is 6.07 Å². The highest BCUT2D eigenvalue weighted by Gasteiger charge is 2.49. The van der Waals surface area contributed by atoms with Crippen molar-refractivity contribution in [3.05, 3.63) is 21.9 Å². The van der Waals surface area contributed by atoms with Gasteiger partial charge in [-0.25, -0.2) is 8.78 Å². The molecule has 0 amide bonds. The molecular weight excluding hydrogens is 246 g/mol. The molecule has 1 aliphatic carbocycles. The summed E-state index contributed by atoms with van der Waals surface area (Å²) in [4.78, 5) is 13.2. The maximum Gasteiger partial charge on any atom is 0.314 e. The topological polar surface area (TPSA) is 37.3 Å². The lowest BCUT2D eigenvalue weighted by atomic mass is 9.72. The summed E-state index contributed by atoms with van der Waals surface area (Å²) < 4.78 is 26.3. The van der Waals surface area contributed by atoms with Crippen LogP contribution in [0.1, 0.15) is 35.4 Å². The molecule has 1 aliphatic rings. The molecule has 0 unspecified atom stereocenters. The van der Waals surface area contributed by atoms with Crippen LogP contribution in [-0.2, 0) is 10.2 Å². The first-order valence-electron chi connectivity index (χ1n) is 5.54. The zero-order valence-electron chi connectivity index (χ0n) is 9.50. The molecule has 0 bridgehead atoms. The molecule has 2 rings (SSSR count). The minimum Gasteiger partial charge on any atom is -0.481 e. The van der Waals surface area contributed by atoms with Gasteiger partial charge in [-0.3, -0.25) is 4.79 Å². The molecule has 1 aromatic rings. The molecule has 1 fully saturated rings. The fourth-order valence-electron chi connectivity index (χ4n) is 2.30. The Morgan fingerprint density at radius 2 is 1.88 bits per heavy atom. The van der Waals surface area contributed by atoms with Crippen LogP contribution in [0.5, 0.6) is 0 Å². The predicted octanol–water partition coefficient (Wildman–Crippen LogP) is 3.59. The van der Waals surface area contributed by atoms with Gasteiger partial charge in [0.05, 0.1) is 0 Å². The number of aliphatic carboxylic acids is 1. The number of hydrogen-bond donors (Lipinski definition) is 1. The molecule has 0 radical (unpaired) electrons. The second-order valence-electron chi connectivity index (χ2n) is 4.65. The van der Waals surface area contributed by atoms with Crippen molar-refractivity contribution < 1.29 is 18.7 Å². The molecule has 1 N–H and O–H groups in total. The highest BCUT2D eigenvalue weighted by molar-refractivity contribution is 7.12. The van der Waals surface area contributed by atoms with Gasteiger partial charge in [0, 0.05) is 22.6 Å². The van der Waals surface area contributed by atoms with E-state index in [1.807, 2.05) is 13.0 Å². The van der Waals surface area contributed by atoms with E-state index in [0.717, 1.165) is 4.88 Å². The molecule has 1 saturated carbocycles. The highest BCUT2D eigenvalue weighted by Crippen LogP contribution is 2.47. The number of carboxylic acid groups (broad SMARTS) is 1. The minimum absolute atomic E-state index is 0.0231. The molecule has 0 saturated heterocycles. The predicted molar refractivity (Wildman–Crippen MR) is 61.8 cm³/mol. The van der Waals surface area contributed by atoms with E-state index < -0.39 is 17.3 Å². The van der Waals surface area contributed by atoms with E-state index in [0.29, 0.717) is 4.88 Å². The molecule has 5 heteroatoms. The first kappa shape index (κ1) is 12.5. The van der Waals surface area contributed by atoms with E-state index in [4.69, 9.17) is 0 Å². The molecule has 0 aromatic carbocycles. The average Bonchev–Trinajstić information content (AvgIpc) is 2.65. The number of alkyl halides is 2. The third-order valence-corrected chi connectivity index (χ3v) is 4.66. The van der Waals surface area contributed by atoms with Crippen molar-refractivity contribution >= 4 is 17.3 Å². The van der Waals surface area contributed by atoms with E-state index in [9.17, 15) is 18.7 Å². The SMILES string of the molecule is Cc1ccc(C2(C(=O)O)CCC(F)(F)CC2)s1. The van der Waals surface area contributed by atoms with Crippen LogP contribution in [-0.4, -0.2) is 17.0 Å². The van der Waals surface area contributed by atoms with Crippen LogP contribution in [0, 0.1) is 6.92 Å². The van der Waals surface area contributed by atoms with Crippen molar-refractivity contribution in [3.63, 3.8) is 0 Å². The Kier molecular flexibility index (Phi) is 2.97.